The van der Waals surface area contributed by atoms with E-state index < -0.39 is 0 Å². The highest BCUT2D eigenvalue weighted by molar-refractivity contribution is 5.42. The molecule has 0 radical (unpaired) electrons. The summed E-state index contributed by atoms with van der Waals surface area (Å²) in [6.07, 6.45) is 3.62. The average Bonchev–Trinajstić information content (AvgIpc) is 2.02. The Morgan fingerprint density at radius 1 is 0.917 bits per heavy atom. The van der Waals surface area contributed by atoms with E-state index in [1.165, 1.54) is 0 Å². The lowest BCUT2D eigenvalue weighted by atomic mass is 10.2. The first-order valence-electron chi connectivity index (χ1n) is 3.62. The summed E-state index contributed by atoms with van der Waals surface area (Å²) in [6, 6.07) is 0. The second kappa shape index (κ2) is 6.08. The molecule has 0 aliphatic rings. The molecule has 0 unspecified atom stereocenters. The van der Waals surface area contributed by atoms with Crippen LogP contribution in [0.1, 0.15) is 13.8 Å². The molecule has 0 fully saturated rings. The lowest BCUT2D eigenvalue weighted by Gasteiger charge is -1.85. The van der Waals surface area contributed by atoms with Crippen molar-refractivity contribution >= 4 is 0 Å². The molecule has 0 amide bonds. The van der Waals surface area contributed by atoms with E-state index in [2.05, 4.69) is 36.8 Å². The second-order valence-corrected chi connectivity index (χ2v) is 2.13. The Balaban J connectivity index is 4.19. The molecular formula is C12H12. The number of rotatable bonds is 2. The predicted octanol–water partition coefficient (Wildman–Crippen LogP) is 2.70. The first-order chi connectivity index (χ1) is 5.70. The molecule has 0 spiro atoms. The van der Waals surface area contributed by atoms with Crippen molar-refractivity contribution in [2.45, 2.75) is 13.8 Å². The van der Waals surface area contributed by atoms with Crippen LogP contribution in [0.3, 0.4) is 0 Å². The highest BCUT2D eigenvalue weighted by Crippen LogP contribution is 1.95. The molecule has 0 aromatic carbocycles. The van der Waals surface area contributed by atoms with Gasteiger partial charge in [0.25, 0.3) is 0 Å². The van der Waals surface area contributed by atoms with Gasteiger partial charge in [0.1, 0.15) is 0 Å². The van der Waals surface area contributed by atoms with E-state index in [-0.39, 0.29) is 0 Å². The van der Waals surface area contributed by atoms with Crippen LogP contribution in [0, 0.1) is 23.7 Å². The highest BCUT2D eigenvalue weighted by Gasteiger charge is 1.80. The monoisotopic (exact) mass is 156 g/mol. The molecule has 0 heteroatoms. The van der Waals surface area contributed by atoms with E-state index in [1.807, 2.05) is 12.2 Å². The molecule has 0 N–H and O–H groups in total. The number of hydrogen-bond acceptors (Lipinski definition) is 0. The van der Waals surface area contributed by atoms with E-state index in [0.29, 0.717) is 0 Å². The van der Waals surface area contributed by atoms with Gasteiger partial charge >= 0.3 is 0 Å². The van der Waals surface area contributed by atoms with Gasteiger partial charge in [0, 0.05) is 11.1 Å². The third-order valence-electron chi connectivity index (χ3n) is 1.06. The van der Waals surface area contributed by atoms with Gasteiger partial charge in [0.15, 0.2) is 0 Å². The van der Waals surface area contributed by atoms with Crippen LogP contribution in [0.25, 0.3) is 0 Å². The molecule has 12 heavy (non-hydrogen) atoms. The average molecular weight is 156 g/mol. The second-order valence-electron chi connectivity index (χ2n) is 2.13. The van der Waals surface area contributed by atoms with E-state index >= 15 is 0 Å². The zero-order valence-electron chi connectivity index (χ0n) is 7.57. The summed E-state index contributed by atoms with van der Waals surface area (Å²) in [5.74, 6) is 11.2. The third kappa shape index (κ3) is 5.15. The summed E-state index contributed by atoms with van der Waals surface area (Å²) in [6.45, 7) is 11.0. The van der Waals surface area contributed by atoms with Gasteiger partial charge in [0.2, 0.25) is 0 Å². The van der Waals surface area contributed by atoms with Crippen molar-refractivity contribution in [1.82, 2.24) is 0 Å². The number of hydrogen-bond donors (Lipinski definition) is 0. The van der Waals surface area contributed by atoms with Crippen molar-refractivity contribution in [3.8, 4) is 23.7 Å². The Morgan fingerprint density at radius 2 is 1.25 bits per heavy atom. The van der Waals surface area contributed by atoms with Gasteiger partial charge < -0.3 is 0 Å². The topological polar surface area (TPSA) is 0 Å². The van der Waals surface area contributed by atoms with E-state index in [1.54, 1.807) is 13.8 Å². The van der Waals surface area contributed by atoms with Crippen molar-refractivity contribution in [2.24, 2.45) is 0 Å². The fraction of sp³-hybridized carbons (Fsp3) is 0.167. The van der Waals surface area contributed by atoms with Crippen molar-refractivity contribution in [2.75, 3.05) is 0 Å². The Morgan fingerprint density at radius 3 is 1.50 bits per heavy atom. The Hall–Kier alpha value is -1.66. The molecule has 60 valence electrons. The summed E-state index contributed by atoms with van der Waals surface area (Å²) >= 11 is 0. The van der Waals surface area contributed by atoms with Gasteiger partial charge in [-0.05, 0) is 26.0 Å². The van der Waals surface area contributed by atoms with Crippen LogP contribution in [-0.2, 0) is 0 Å². The van der Waals surface area contributed by atoms with Crippen molar-refractivity contribution < 1.29 is 0 Å². The van der Waals surface area contributed by atoms with Crippen molar-refractivity contribution in [3.05, 3.63) is 36.5 Å². The van der Waals surface area contributed by atoms with Crippen LogP contribution in [0.4, 0.5) is 0 Å². The summed E-state index contributed by atoms with van der Waals surface area (Å²) in [4.78, 5) is 0. The van der Waals surface area contributed by atoms with E-state index in [0.717, 1.165) is 11.1 Å². The zero-order chi connectivity index (χ0) is 9.40. The molecule has 0 aliphatic heterocycles. The molecule has 0 heterocycles. The molecule has 0 aromatic rings. The van der Waals surface area contributed by atoms with Gasteiger partial charge in [-0.2, -0.15) is 0 Å². The minimum Gasteiger partial charge on any atom is -0.101 e. The summed E-state index contributed by atoms with van der Waals surface area (Å²) < 4.78 is 0. The normalized spacial score (nSPS) is 7.83. The zero-order valence-corrected chi connectivity index (χ0v) is 7.57. The van der Waals surface area contributed by atoms with Gasteiger partial charge in [-0.25, -0.2) is 0 Å². The van der Waals surface area contributed by atoms with Gasteiger partial charge in [0.05, 0.1) is 0 Å². The number of allylic oxidation sites excluding steroid dienone is 4. The maximum Gasteiger partial charge on any atom is 0.0173 e. The van der Waals surface area contributed by atoms with Crippen LogP contribution in [0.15, 0.2) is 36.5 Å². The van der Waals surface area contributed by atoms with Gasteiger partial charge in [-0.3, -0.25) is 0 Å². The summed E-state index contributed by atoms with van der Waals surface area (Å²) in [7, 11) is 0. The SMILES string of the molecule is C=C(C#CC)/C=C\C(=C)C#CC. The van der Waals surface area contributed by atoms with E-state index in [9.17, 15) is 0 Å². The standard InChI is InChI=1S/C12H12/c1-5-7-11(3)9-10-12(4)8-6-2/h9-10H,3-4H2,1-2H3/b10-9-. The smallest absolute Gasteiger partial charge is 0.0173 e. The lowest BCUT2D eigenvalue weighted by molar-refractivity contribution is 1.73. The molecule has 0 aromatic heterocycles. The molecule has 0 aliphatic carbocycles. The van der Waals surface area contributed by atoms with Crippen LogP contribution in [0.2, 0.25) is 0 Å². The lowest BCUT2D eigenvalue weighted by Crippen LogP contribution is -1.70. The van der Waals surface area contributed by atoms with E-state index in [4.69, 9.17) is 0 Å². The predicted molar refractivity (Wildman–Crippen MR) is 54.3 cm³/mol. The van der Waals surface area contributed by atoms with Gasteiger partial charge in [-0.15, -0.1) is 11.8 Å². The fourth-order valence-corrected chi connectivity index (χ4v) is 0.606. The van der Waals surface area contributed by atoms with Crippen molar-refractivity contribution in [1.29, 1.82) is 0 Å². The molecule has 0 atom stereocenters. The van der Waals surface area contributed by atoms with Crippen LogP contribution in [-0.4, -0.2) is 0 Å². The molecule has 0 bridgehead atoms. The highest BCUT2D eigenvalue weighted by atomic mass is 13.8. The van der Waals surface area contributed by atoms with Crippen molar-refractivity contribution in [3.63, 3.8) is 0 Å². The Bertz CT molecular complexity index is 285. The third-order valence-corrected chi connectivity index (χ3v) is 1.06. The first-order valence-corrected chi connectivity index (χ1v) is 3.62. The van der Waals surface area contributed by atoms with Crippen LogP contribution < -0.4 is 0 Å². The largest absolute Gasteiger partial charge is 0.101 e. The molecule has 0 rings (SSSR count). The summed E-state index contributed by atoms with van der Waals surface area (Å²) in [5, 5.41) is 0. The first kappa shape index (κ1) is 10.3. The molecule has 0 saturated carbocycles. The summed E-state index contributed by atoms with van der Waals surface area (Å²) in [5.41, 5.74) is 1.55. The fourth-order valence-electron chi connectivity index (χ4n) is 0.606. The minimum absolute atomic E-state index is 0.775. The Kier molecular flexibility index (Phi) is 5.24. The maximum atomic E-state index is 3.73. The quantitative estimate of drug-likeness (QED) is 0.426. The van der Waals surface area contributed by atoms with Crippen LogP contribution >= 0.6 is 0 Å². The molecular weight excluding hydrogens is 144 g/mol. The Labute approximate surface area is 74.7 Å². The maximum absolute atomic E-state index is 3.73. The molecule has 0 nitrogen and oxygen atoms in total. The minimum atomic E-state index is 0.775. The molecule has 0 saturated heterocycles. The van der Waals surface area contributed by atoms with Gasteiger partial charge in [-0.1, -0.05) is 25.0 Å². The van der Waals surface area contributed by atoms with Crippen LogP contribution in [0.5, 0.6) is 0 Å².